The maximum Gasteiger partial charge on any atom is 0.237 e. The van der Waals surface area contributed by atoms with Gasteiger partial charge in [0.15, 0.2) is 0 Å². The van der Waals surface area contributed by atoms with Crippen LogP contribution < -0.4 is 15.4 Å². The van der Waals surface area contributed by atoms with Gasteiger partial charge in [0.1, 0.15) is 5.75 Å². The third-order valence-corrected chi connectivity index (χ3v) is 3.33. The van der Waals surface area contributed by atoms with Crippen molar-refractivity contribution < 1.29 is 14.6 Å². The number of ether oxygens (including phenoxy) is 1. The van der Waals surface area contributed by atoms with Gasteiger partial charge in [-0.15, -0.1) is 0 Å². The molecule has 3 N–H and O–H groups in total. The van der Waals surface area contributed by atoms with Crippen molar-refractivity contribution in [2.24, 2.45) is 0 Å². The van der Waals surface area contributed by atoms with Crippen LogP contribution in [0.4, 0.5) is 0 Å². The van der Waals surface area contributed by atoms with E-state index in [4.69, 9.17) is 4.74 Å². The van der Waals surface area contributed by atoms with E-state index in [0.29, 0.717) is 26.1 Å². The van der Waals surface area contributed by atoms with Crippen molar-refractivity contribution in [2.45, 2.75) is 31.9 Å². The van der Waals surface area contributed by atoms with Gasteiger partial charge < -0.3 is 20.5 Å². The van der Waals surface area contributed by atoms with E-state index in [-0.39, 0.29) is 11.9 Å². The fraction of sp³-hybridized carbons (Fsp3) is 0.533. The highest BCUT2D eigenvalue weighted by atomic mass is 16.5. The second-order valence-corrected chi connectivity index (χ2v) is 5.16. The van der Waals surface area contributed by atoms with Crippen LogP contribution in [-0.4, -0.2) is 42.9 Å². The Morgan fingerprint density at radius 2 is 2.20 bits per heavy atom. The monoisotopic (exact) mass is 278 g/mol. The SMILES string of the molecule is Cc1ccc(OCCCNC(=O)C2CC(O)CN2)cc1. The molecule has 0 saturated carbocycles. The van der Waals surface area contributed by atoms with Gasteiger partial charge in [-0.25, -0.2) is 0 Å². The molecule has 5 nitrogen and oxygen atoms in total. The molecule has 0 aromatic heterocycles. The molecule has 0 aliphatic carbocycles. The van der Waals surface area contributed by atoms with Crippen LogP contribution in [-0.2, 0) is 4.79 Å². The Hall–Kier alpha value is -1.59. The third kappa shape index (κ3) is 4.51. The van der Waals surface area contributed by atoms with Crippen LogP contribution >= 0.6 is 0 Å². The quantitative estimate of drug-likeness (QED) is 0.667. The summed E-state index contributed by atoms with van der Waals surface area (Å²) in [4.78, 5) is 11.7. The molecule has 2 unspecified atom stereocenters. The van der Waals surface area contributed by atoms with Gasteiger partial charge in [0.05, 0.1) is 18.8 Å². The maximum absolute atomic E-state index is 11.7. The summed E-state index contributed by atoms with van der Waals surface area (Å²) in [6.07, 6.45) is 0.844. The summed E-state index contributed by atoms with van der Waals surface area (Å²) < 4.78 is 5.58. The summed E-state index contributed by atoms with van der Waals surface area (Å²) in [5, 5.41) is 15.2. The van der Waals surface area contributed by atoms with E-state index >= 15 is 0 Å². The molecule has 1 fully saturated rings. The van der Waals surface area contributed by atoms with Crippen molar-refractivity contribution in [3.63, 3.8) is 0 Å². The number of rotatable bonds is 6. The fourth-order valence-electron chi connectivity index (χ4n) is 2.15. The number of aliphatic hydroxyl groups excluding tert-OH is 1. The van der Waals surface area contributed by atoms with Crippen LogP contribution in [0.5, 0.6) is 5.75 Å². The molecule has 1 aromatic rings. The van der Waals surface area contributed by atoms with E-state index < -0.39 is 6.10 Å². The number of β-amino-alcohol motifs (C(OH)–C–C–N with tert-alkyl or cyclic N) is 1. The Morgan fingerprint density at radius 1 is 1.45 bits per heavy atom. The summed E-state index contributed by atoms with van der Waals surface area (Å²) >= 11 is 0. The van der Waals surface area contributed by atoms with Crippen molar-refractivity contribution in [3.8, 4) is 5.75 Å². The molecular weight excluding hydrogens is 256 g/mol. The summed E-state index contributed by atoms with van der Waals surface area (Å²) in [5.41, 5.74) is 1.20. The molecule has 0 bridgehead atoms. The minimum Gasteiger partial charge on any atom is -0.494 e. The predicted octanol–water partition coefficient (Wildman–Crippen LogP) is 0.603. The molecule has 20 heavy (non-hydrogen) atoms. The standard InChI is InChI=1S/C15H22N2O3/c1-11-3-5-13(6-4-11)20-8-2-7-16-15(19)14-9-12(18)10-17-14/h3-6,12,14,17-18H,2,7-10H2,1H3,(H,16,19). The van der Waals surface area contributed by atoms with Crippen LogP contribution in [0.1, 0.15) is 18.4 Å². The first-order valence-corrected chi connectivity index (χ1v) is 7.04. The number of carbonyl (C=O) groups excluding carboxylic acids is 1. The molecule has 2 atom stereocenters. The molecule has 1 aliphatic rings. The summed E-state index contributed by atoms with van der Waals surface area (Å²) in [6, 6.07) is 7.64. The minimum atomic E-state index is -0.407. The summed E-state index contributed by atoms with van der Waals surface area (Å²) in [5.74, 6) is 0.805. The van der Waals surface area contributed by atoms with Gasteiger partial charge >= 0.3 is 0 Å². The van der Waals surface area contributed by atoms with E-state index in [1.165, 1.54) is 5.56 Å². The van der Waals surface area contributed by atoms with Gasteiger partial charge in [0.25, 0.3) is 0 Å². The molecule has 110 valence electrons. The van der Waals surface area contributed by atoms with Gasteiger partial charge in [-0.2, -0.15) is 0 Å². The number of hydrogen-bond acceptors (Lipinski definition) is 4. The van der Waals surface area contributed by atoms with Crippen LogP contribution in [0.2, 0.25) is 0 Å². The predicted molar refractivity (Wildman–Crippen MR) is 76.7 cm³/mol. The van der Waals surface area contributed by atoms with Crippen LogP contribution in [0.15, 0.2) is 24.3 Å². The van der Waals surface area contributed by atoms with E-state index in [1.807, 2.05) is 31.2 Å². The van der Waals surface area contributed by atoms with Crippen molar-refractivity contribution in [2.75, 3.05) is 19.7 Å². The Bertz CT molecular complexity index is 433. The summed E-state index contributed by atoms with van der Waals surface area (Å²) in [6.45, 7) is 3.69. The van der Waals surface area contributed by atoms with Gasteiger partial charge in [-0.3, -0.25) is 4.79 Å². The number of amides is 1. The number of aryl methyl sites for hydroxylation is 1. The average molecular weight is 278 g/mol. The lowest BCUT2D eigenvalue weighted by Gasteiger charge is -2.11. The van der Waals surface area contributed by atoms with Crippen LogP contribution in [0.3, 0.4) is 0 Å². The topological polar surface area (TPSA) is 70.6 Å². The second-order valence-electron chi connectivity index (χ2n) is 5.16. The molecule has 0 spiro atoms. The normalized spacial score (nSPS) is 21.7. The zero-order chi connectivity index (χ0) is 14.4. The van der Waals surface area contributed by atoms with E-state index in [9.17, 15) is 9.90 Å². The van der Waals surface area contributed by atoms with E-state index in [0.717, 1.165) is 12.2 Å². The molecule has 0 radical (unpaired) electrons. The van der Waals surface area contributed by atoms with Crippen molar-refractivity contribution >= 4 is 5.91 Å². The zero-order valence-corrected chi connectivity index (χ0v) is 11.8. The second kappa shape index (κ2) is 7.26. The number of carbonyl (C=O) groups is 1. The highest BCUT2D eigenvalue weighted by molar-refractivity contribution is 5.82. The van der Waals surface area contributed by atoms with Gasteiger partial charge in [0, 0.05) is 13.1 Å². The zero-order valence-electron chi connectivity index (χ0n) is 11.8. The molecule has 1 heterocycles. The Morgan fingerprint density at radius 3 is 2.85 bits per heavy atom. The third-order valence-electron chi connectivity index (χ3n) is 3.33. The summed E-state index contributed by atoms with van der Waals surface area (Å²) in [7, 11) is 0. The lowest BCUT2D eigenvalue weighted by Crippen LogP contribution is -2.40. The lowest BCUT2D eigenvalue weighted by molar-refractivity contribution is -0.122. The lowest BCUT2D eigenvalue weighted by atomic mass is 10.2. The Kier molecular flexibility index (Phi) is 5.38. The number of hydrogen-bond donors (Lipinski definition) is 3. The molecule has 5 heteroatoms. The molecule has 2 rings (SSSR count). The first-order valence-electron chi connectivity index (χ1n) is 7.04. The smallest absolute Gasteiger partial charge is 0.237 e. The Labute approximate surface area is 119 Å². The molecule has 1 aliphatic heterocycles. The van der Waals surface area contributed by atoms with E-state index in [2.05, 4.69) is 10.6 Å². The van der Waals surface area contributed by atoms with Gasteiger partial charge in [-0.1, -0.05) is 17.7 Å². The van der Waals surface area contributed by atoms with Crippen molar-refractivity contribution in [1.29, 1.82) is 0 Å². The van der Waals surface area contributed by atoms with Crippen LogP contribution in [0, 0.1) is 6.92 Å². The molecular formula is C15H22N2O3. The highest BCUT2D eigenvalue weighted by Crippen LogP contribution is 2.11. The fourth-order valence-corrected chi connectivity index (χ4v) is 2.15. The molecule has 1 aromatic carbocycles. The minimum absolute atomic E-state index is 0.0446. The maximum atomic E-state index is 11.7. The first-order chi connectivity index (χ1) is 9.65. The van der Waals surface area contributed by atoms with Gasteiger partial charge in [0.2, 0.25) is 5.91 Å². The molecule has 1 saturated heterocycles. The van der Waals surface area contributed by atoms with Crippen molar-refractivity contribution in [1.82, 2.24) is 10.6 Å². The number of aliphatic hydroxyl groups is 1. The van der Waals surface area contributed by atoms with Crippen molar-refractivity contribution in [3.05, 3.63) is 29.8 Å². The highest BCUT2D eigenvalue weighted by Gasteiger charge is 2.27. The van der Waals surface area contributed by atoms with Gasteiger partial charge in [-0.05, 0) is 31.9 Å². The largest absolute Gasteiger partial charge is 0.494 e. The van der Waals surface area contributed by atoms with E-state index in [1.54, 1.807) is 0 Å². The number of nitrogens with one attached hydrogen (secondary N) is 2. The first kappa shape index (κ1) is 14.8. The molecule has 1 amide bonds. The Balaban J connectivity index is 1.57. The average Bonchev–Trinajstić information content (AvgIpc) is 2.87. The van der Waals surface area contributed by atoms with Crippen LogP contribution in [0.25, 0.3) is 0 Å². The number of benzene rings is 1.